The van der Waals surface area contributed by atoms with Gasteiger partial charge in [-0.1, -0.05) is 24.3 Å². The zero-order chi connectivity index (χ0) is 18.8. The number of benzene rings is 2. The van der Waals surface area contributed by atoms with Gasteiger partial charge in [0.25, 0.3) is 5.91 Å². The van der Waals surface area contributed by atoms with Crippen LogP contribution in [0.1, 0.15) is 46.3 Å². The van der Waals surface area contributed by atoms with Gasteiger partial charge in [0.05, 0.1) is 6.04 Å². The van der Waals surface area contributed by atoms with Gasteiger partial charge in [0, 0.05) is 17.8 Å². The monoisotopic (exact) mass is 363 g/mol. The Labute approximate surface area is 159 Å². The number of carbonyl (C=O) groups excluding carboxylic acids is 2. The molecule has 2 aromatic carbocycles. The van der Waals surface area contributed by atoms with Crippen LogP contribution in [-0.2, 0) is 24.2 Å². The summed E-state index contributed by atoms with van der Waals surface area (Å²) in [5.41, 5.74) is 10.8. The van der Waals surface area contributed by atoms with Crippen LogP contribution in [0, 0.1) is 0 Å². The Balaban J connectivity index is 1.42. The quantitative estimate of drug-likeness (QED) is 0.858. The molecule has 0 aromatic heterocycles. The lowest BCUT2D eigenvalue weighted by Crippen LogP contribution is -2.39. The van der Waals surface area contributed by atoms with Crippen molar-refractivity contribution in [3.63, 3.8) is 0 Å². The number of hydrogen-bond acceptors (Lipinski definition) is 3. The number of nitrogens with zero attached hydrogens (tertiary/aromatic N) is 1. The molecule has 0 saturated carbocycles. The SMILES string of the molecule is NC(=O)[C@H]1CCCN1Cc1ccc(C(=O)Nc2cccc3c2CCC3)cc1. The van der Waals surface area contributed by atoms with Gasteiger partial charge >= 0.3 is 0 Å². The summed E-state index contributed by atoms with van der Waals surface area (Å²) >= 11 is 0. The number of aryl methyl sites for hydroxylation is 1. The molecule has 1 fully saturated rings. The van der Waals surface area contributed by atoms with Crippen LogP contribution >= 0.6 is 0 Å². The molecule has 4 rings (SSSR count). The predicted molar refractivity (Wildman–Crippen MR) is 105 cm³/mol. The minimum absolute atomic E-state index is 0.0852. The van der Waals surface area contributed by atoms with Gasteiger partial charge in [-0.25, -0.2) is 0 Å². The van der Waals surface area contributed by atoms with Crippen molar-refractivity contribution in [2.24, 2.45) is 5.73 Å². The van der Waals surface area contributed by atoms with Gasteiger partial charge < -0.3 is 11.1 Å². The zero-order valence-corrected chi connectivity index (χ0v) is 15.4. The maximum atomic E-state index is 12.6. The van der Waals surface area contributed by atoms with E-state index >= 15 is 0 Å². The molecule has 2 aromatic rings. The molecule has 2 aliphatic rings. The highest BCUT2D eigenvalue weighted by Crippen LogP contribution is 2.29. The minimum Gasteiger partial charge on any atom is -0.368 e. The fourth-order valence-electron chi connectivity index (χ4n) is 4.26. The number of carbonyl (C=O) groups is 2. The minimum atomic E-state index is -0.251. The van der Waals surface area contributed by atoms with Gasteiger partial charge in [0.2, 0.25) is 5.91 Å². The number of anilines is 1. The van der Waals surface area contributed by atoms with E-state index in [1.165, 1.54) is 11.1 Å². The highest BCUT2D eigenvalue weighted by Gasteiger charge is 2.28. The van der Waals surface area contributed by atoms with E-state index < -0.39 is 0 Å². The normalized spacial score (nSPS) is 19.0. The van der Waals surface area contributed by atoms with Crippen molar-refractivity contribution in [3.8, 4) is 0 Å². The van der Waals surface area contributed by atoms with Crippen LogP contribution in [0.25, 0.3) is 0 Å². The van der Waals surface area contributed by atoms with E-state index in [1.807, 2.05) is 36.4 Å². The second kappa shape index (κ2) is 7.53. The number of nitrogens with one attached hydrogen (secondary N) is 1. The first-order valence-corrected chi connectivity index (χ1v) is 9.66. The Morgan fingerprint density at radius 3 is 2.67 bits per heavy atom. The summed E-state index contributed by atoms with van der Waals surface area (Å²) in [6.07, 6.45) is 5.10. The van der Waals surface area contributed by atoms with Crippen LogP contribution in [0.15, 0.2) is 42.5 Å². The van der Waals surface area contributed by atoms with Gasteiger partial charge in [0.1, 0.15) is 0 Å². The van der Waals surface area contributed by atoms with E-state index in [0.29, 0.717) is 12.1 Å². The van der Waals surface area contributed by atoms with Crippen molar-refractivity contribution < 1.29 is 9.59 Å². The molecule has 1 atom stereocenters. The van der Waals surface area contributed by atoms with Crippen LogP contribution in [0.4, 0.5) is 5.69 Å². The first kappa shape index (κ1) is 17.7. The summed E-state index contributed by atoms with van der Waals surface area (Å²) in [7, 11) is 0. The van der Waals surface area contributed by atoms with Crippen molar-refractivity contribution >= 4 is 17.5 Å². The molecule has 1 saturated heterocycles. The molecule has 5 nitrogen and oxygen atoms in total. The van der Waals surface area contributed by atoms with Crippen molar-refractivity contribution in [1.29, 1.82) is 0 Å². The molecule has 140 valence electrons. The fourth-order valence-corrected chi connectivity index (χ4v) is 4.26. The maximum Gasteiger partial charge on any atom is 0.255 e. The number of rotatable bonds is 5. The lowest BCUT2D eigenvalue weighted by molar-refractivity contribution is -0.122. The van der Waals surface area contributed by atoms with Crippen molar-refractivity contribution in [2.75, 3.05) is 11.9 Å². The standard InChI is InChI=1S/C22H25N3O2/c23-21(26)20-8-3-13-25(20)14-15-9-11-17(12-10-15)22(27)24-19-7-2-5-16-4-1-6-18(16)19/h2,5,7,9-12,20H,1,3-4,6,8,13-14H2,(H2,23,26)(H,24,27)/t20-/m1/s1. The zero-order valence-electron chi connectivity index (χ0n) is 15.4. The Kier molecular flexibility index (Phi) is 4.94. The molecular formula is C22H25N3O2. The van der Waals surface area contributed by atoms with E-state index in [0.717, 1.165) is 49.9 Å². The molecule has 0 bridgehead atoms. The van der Waals surface area contributed by atoms with E-state index in [9.17, 15) is 9.59 Å². The number of hydrogen-bond donors (Lipinski definition) is 2. The number of nitrogens with two attached hydrogens (primary N) is 1. The average Bonchev–Trinajstić information content (AvgIpc) is 3.32. The molecule has 3 N–H and O–H groups in total. The average molecular weight is 363 g/mol. The first-order valence-electron chi connectivity index (χ1n) is 9.66. The summed E-state index contributed by atoms with van der Waals surface area (Å²) in [6.45, 7) is 1.57. The van der Waals surface area contributed by atoms with E-state index in [2.05, 4.69) is 16.3 Å². The van der Waals surface area contributed by atoms with Crippen LogP contribution in [-0.4, -0.2) is 29.3 Å². The van der Waals surface area contributed by atoms with Gasteiger partial charge in [0.15, 0.2) is 0 Å². The number of amides is 2. The van der Waals surface area contributed by atoms with E-state index in [1.54, 1.807) is 0 Å². The van der Waals surface area contributed by atoms with Gasteiger partial charge in [-0.2, -0.15) is 0 Å². The van der Waals surface area contributed by atoms with Crippen LogP contribution in [0.2, 0.25) is 0 Å². The summed E-state index contributed by atoms with van der Waals surface area (Å²) < 4.78 is 0. The van der Waals surface area contributed by atoms with Gasteiger partial charge in [-0.15, -0.1) is 0 Å². The van der Waals surface area contributed by atoms with Gasteiger partial charge in [-0.3, -0.25) is 14.5 Å². The molecule has 0 spiro atoms. The highest BCUT2D eigenvalue weighted by molar-refractivity contribution is 6.04. The van der Waals surface area contributed by atoms with Crippen molar-refractivity contribution in [2.45, 2.75) is 44.7 Å². The van der Waals surface area contributed by atoms with E-state index in [4.69, 9.17) is 5.73 Å². The van der Waals surface area contributed by atoms with Gasteiger partial charge in [-0.05, 0) is 73.5 Å². The molecule has 1 aliphatic carbocycles. The summed E-state index contributed by atoms with van der Waals surface area (Å²) in [6, 6.07) is 13.6. The molecule has 0 radical (unpaired) electrons. The highest BCUT2D eigenvalue weighted by atomic mass is 16.2. The smallest absolute Gasteiger partial charge is 0.255 e. The Bertz CT molecular complexity index is 860. The maximum absolute atomic E-state index is 12.6. The first-order chi connectivity index (χ1) is 13.1. The number of primary amides is 1. The summed E-state index contributed by atoms with van der Waals surface area (Å²) in [4.78, 5) is 26.3. The summed E-state index contributed by atoms with van der Waals surface area (Å²) in [5, 5.41) is 3.06. The Morgan fingerprint density at radius 2 is 1.89 bits per heavy atom. The van der Waals surface area contributed by atoms with Crippen LogP contribution in [0.5, 0.6) is 0 Å². The van der Waals surface area contributed by atoms with Crippen LogP contribution < -0.4 is 11.1 Å². The largest absolute Gasteiger partial charge is 0.368 e. The molecule has 1 heterocycles. The molecular weight excluding hydrogens is 338 g/mol. The molecule has 0 unspecified atom stereocenters. The third-order valence-corrected chi connectivity index (χ3v) is 5.69. The predicted octanol–water partition coefficient (Wildman–Crippen LogP) is 2.88. The lowest BCUT2D eigenvalue weighted by atomic mass is 10.1. The van der Waals surface area contributed by atoms with Crippen molar-refractivity contribution in [3.05, 3.63) is 64.7 Å². The number of fused-ring (bicyclic) bond motifs is 1. The fraction of sp³-hybridized carbons (Fsp3) is 0.364. The Morgan fingerprint density at radius 1 is 1.07 bits per heavy atom. The second-order valence-corrected chi connectivity index (χ2v) is 7.48. The third-order valence-electron chi connectivity index (χ3n) is 5.69. The summed E-state index contributed by atoms with van der Waals surface area (Å²) in [5.74, 6) is -0.336. The van der Waals surface area contributed by atoms with Crippen LogP contribution in [0.3, 0.4) is 0 Å². The van der Waals surface area contributed by atoms with E-state index in [-0.39, 0.29) is 17.9 Å². The lowest BCUT2D eigenvalue weighted by Gasteiger charge is -2.21. The third kappa shape index (κ3) is 3.74. The topological polar surface area (TPSA) is 75.4 Å². The molecule has 1 aliphatic heterocycles. The number of likely N-dealkylation sites (tertiary alicyclic amines) is 1. The Hall–Kier alpha value is -2.66. The van der Waals surface area contributed by atoms with Crippen molar-refractivity contribution in [1.82, 2.24) is 4.90 Å². The molecule has 2 amide bonds. The molecule has 5 heteroatoms. The second-order valence-electron chi connectivity index (χ2n) is 7.48. The molecule has 27 heavy (non-hydrogen) atoms.